The van der Waals surface area contributed by atoms with Gasteiger partial charge in [-0.2, -0.15) is 0 Å². The van der Waals surface area contributed by atoms with Crippen LogP contribution in [0.2, 0.25) is 0 Å². The summed E-state index contributed by atoms with van der Waals surface area (Å²) in [6.07, 6.45) is 3.30. The van der Waals surface area contributed by atoms with Crippen LogP contribution in [0, 0.1) is 0 Å². The number of ether oxygens (including phenoxy) is 2. The average molecular weight is 506 g/mol. The van der Waals surface area contributed by atoms with Crippen LogP contribution in [0.5, 0.6) is 11.5 Å². The van der Waals surface area contributed by atoms with E-state index >= 15 is 0 Å². The molecule has 0 radical (unpaired) electrons. The molecule has 0 atom stereocenters. The Labute approximate surface area is 211 Å². The first kappa shape index (κ1) is 23.9. The third kappa shape index (κ3) is 4.30. The molecule has 5 rings (SSSR count). The van der Waals surface area contributed by atoms with Gasteiger partial charge in [0.1, 0.15) is 11.4 Å². The van der Waals surface area contributed by atoms with Gasteiger partial charge in [0.2, 0.25) is 5.91 Å². The largest absolute Gasteiger partial charge is 0.493 e. The average Bonchev–Trinajstić information content (AvgIpc) is 3.49. The summed E-state index contributed by atoms with van der Waals surface area (Å²) in [5.74, 6) is 0.986. The lowest BCUT2D eigenvalue weighted by Gasteiger charge is -2.13. The van der Waals surface area contributed by atoms with Crippen LogP contribution in [0.15, 0.2) is 58.1 Å². The molecule has 2 aromatic carbocycles. The topological polar surface area (TPSA) is 91.6 Å². The fraction of sp³-hybridized carbons (Fsp3) is 0.296. The lowest BCUT2D eigenvalue weighted by molar-refractivity contribution is -0.121. The van der Waals surface area contributed by atoms with Crippen LogP contribution in [0.25, 0.3) is 15.9 Å². The van der Waals surface area contributed by atoms with Gasteiger partial charge in [-0.1, -0.05) is 24.3 Å². The van der Waals surface area contributed by atoms with Crippen molar-refractivity contribution in [1.29, 1.82) is 0 Å². The van der Waals surface area contributed by atoms with E-state index in [1.165, 1.54) is 20.5 Å². The molecule has 0 unspecified atom stereocenters. The van der Waals surface area contributed by atoms with Crippen LogP contribution >= 0.6 is 11.3 Å². The van der Waals surface area contributed by atoms with Gasteiger partial charge >= 0.3 is 5.69 Å². The highest BCUT2D eigenvalue weighted by Crippen LogP contribution is 2.35. The van der Waals surface area contributed by atoms with Crippen molar-refractivity contribution >= 4 is 27.5 Å². The molecule has 1 amide bonds. The number of carbonyl (C=O) groups excluding carboxylic acids is 1. The first-order valence-electron chi connectivity index (χ1n) is 11.8. The minimum Gasteiger partial charge on any atom is -0.493 e. The molecule has 0 fully saturated rings. The summed E-state index contributed by atoms with van der Waals surface area (Å²) in [7, 11) is 3.16. The molecule has 0 aliphatic heterocycles. The van der Waals surface area contributed by atoms with E-state index < -0.39 is 5.69 Å². The molecule has 8 nitrogen and oxygen atoms in total. The Morgan fingerprint density at radius 1 is 1.03 bits per heavy atom. The number of methoxy groups -OCH3 is 2. The molecule has 1 aliphatic rings. The van der Waals surface area contributed by atoms with Crippen molar-refractivity contribution < 1.29 is 14.3 Å². The Balaban J connectivity index is 1.42. The third-order valence-electron chi connectivity index (χ3n) is 6.49. The molecule has 0 bridgehead atoms. The van der Waals surface area contributed by atoms with Gasteiger partial charge in [0.25, 0.3) is 5.56 Å². The van der Waals surface area contributed by atoms with Crippen LogP contribution in [-0.4, -0.2) is 35.8 Å². The number of aryl methyl sites for hydroxylation is 2. The van der Waals surface area contributed by atoms with Crippen molar-refractivity contribution in [3.8, 4) is 17.2 Å². The van der Waals surface area contributed by atoms with Crippen LogP contribution in [0.3, 0.4) is 0 Å². The molecule has 0 saturated heterocycles. The zero-order valence-electron chi connectivity index (χ0n) is 20.2. The fourth-order valence-electron chi connectivity index (χ4n) is 4.73. The number of fused-ring (bicyclic) bond motifs is 3. The summed E-state index contributed by atoms with van der Waals surface area (Å²) in [4.78, 5) is 41.6. The molecule has 0 saturated carbocycles. The smallest absolute Gasteiger partial charge is 0.337 e. The molecule has 0 spiro atoms. The summed E-state index contributed by atoms with van der Waals surface area (Å²) in [5, 5.41) is 3.47. The van der Waals surface area contributed by atoms with E-state index in [0.717, 1.165) is 35.3 Å². The highest BCUT2D eigenvalue weighted by Gasteiger charge is 2.25. The van der Waals surface area contributed by atoms with E-state index in [0.29, 0.717) is 40.4 Å². The predicted octanol–water partition coefficient (Wildman–Crippen LogP) is 3.08. The van der Waals surface area contributed by atoms with Gasteiger partial charge in [0, 0.05) is 11.4 Å². The van der Waals surface area contributed by atoms with Crippen molar-refractivity contribution in [2.45, 2.75) is 32.2 Å². The molecular formula is C27H27N3O5S. The highest BCUT2D eigenvalue weighted by atomic mass is 32.1. The van der Waals surface area contributed by atoms with Gasteiger partial charge in [-0.25, -0.2) is 9.36 Å². The van der Waals surface area contributed by atoms with Crippen LogP contribution in [0.1, 0.15) is 22.4 Å². The Bertz CT molecular complexity index is 1550. The molecule has 1 N–H and O–H groups in total. The standard InChI is InChI=1S/C27H27N3O5S/c1-34-20-12-11-17(15-21(20)35-2)13-14-28-23(31)16-29-26-24(19-9-6-10-22(19)36-26)25(32)30(27(29)33)18-7-4-3-5-8-18/h3-5,7-8,11-12,15H,6,9-10,13-14,16H2,1-2H3,(H,28,31). The fourth-order valence-corrected chi connectivity index (χ4v) is 6.11. The number of hydrogen-bond acceptors (Lipinski definition) is 6. The van der Waals surface area contributed by atoms with Gasteiger partial charge in [-0.05, 0) is 61.1 Å². The monoisotopic (exact) mass is 505 g/mol. The van der Waals surface area contributed by atoms with E-state index in [1.807, 2.05) is 24.3 Å². The second-order valence-electron chi connectivity index (χ2n) is 8.67. The number of nitrogens with zero attached hydrogens (tertiary/aromatic N) is 2. The number of aromatic nitrogens is 2. The number of hydrogen-bond donors (Lipinski definition) is 1. The second kappa shape index (κ2) is 10.0. The number of amides is 1. The van der Waals surface area contributed by atoms with E-state index in [4.69, 9.17) is 9.47 Å². The molecule has 186 valence electrons. The number of thiophene rings is 1. The molecule has 1 aliphatic carbocycles. The summed E-state index contributed by atoms with van der Waals surface area (Å²) < 4.78 is 13.2. The Hall–Kier alpha value is -3.85. The second-order valence-corrected chi connectivity index (χ2v) is 9.76. The maximum atomic E-state index is 13.5. The van der Waals surface area contributed by atoms with Crippen LogP contribution in [-0.2, 0) is 30.6 Å². The first-order chi connectivity index (χ1) is 17.5. The van der Waals surface area contributed by atoms with Crippen LogP contribution in [0.4, 0.5) is 0 Å². The zero-order valence-corrected chi connectivity index (χ0v) is 21.0. The van der Waals surface area contributed by atoms with Crippen molar-refractivity contribution in [3.05, 3.63) is 85.4 Å². The molecule has 36 heavy (non-hydrogen) atoms. The summed E-state index contributed by atoms with van der Waals surface area (Å²) in [6, 6.07) is 14.5. The van der Waals surface area contributed by atoms with Gasteiger partial charge in [0.15, 0.2) is 11.5 Å². The SMILES string of the molecule is COc1ccc(CCNC(=O)Cn2c(=O)n(-c3ccccc3)c(=O)c3c4c(sc32)CCC4)cc1OC. The van der Waals surface area contributed by atoms with Crippen molar-refractivity contribution in [1.82, 2.24) is 14.5 Å². The number of rotatable bonds is 8. The maximum Gasteiger partial charge on any atom is 0.337 e. The normalized spacial score (nSPS) is 12.5. The quantitative estimate of drug-likeness (QED) is 0.397. The maximum absolute atomic E-state index is 13.5. The molecule has 4 aromatic rings. The summed E-state index contributed by atoms with van der Waals surface area (Å²) in [6.45, 7) is 0.235. The number of para-hydroxylation sites is 1. The van der Waals surface area contributed by atoms with Crippen molar-refractivity contribution in [2.75, 3.05) is 20.8 Å². The third-order valence-corrected chi connectivity index (χ3v) is 7.80. The predicted molar refractivity (Wildman–Crippen MR) is 140 cm³/mol. The number of benzene rings is 2. The van der Waals surface area contributed by atoms with Gasteiger partial charge in [-0.15, -0.1) is 11.3 Å². The molecule has 9 heteroatoms. The van der Waals surface area contributed by atoms with E-state index in [9.17, 15) is 14.4 Å². The van der Waals surface area contributed by atoms with E-state index in [1.54, 1.807) is 38.5 Å². The van der Waals surface area contributed by atoms with Crippen molar-refractivity contribution in [3.63, 3.8) is 0 Å². The van der Waals surface area contributed by atoms with E-state index in [-0.39, 0.29) is 18.0 Å². The number of nitrogens with one attached hydrogen (secondary N) is 1. The Morgan fingerprint density at radius 2 is 1.81 bits per heavy atom. The summed E-state index contributed by atoms with van der Waals surface area (Å²) in [5.41, 5.74) is 1.68. The summed E-state index contributed by atoms with van der Waals surface area (Å²) >= 11 is 1.46. The molecular weight excluding hydrogens is 478 g/mol. The first-order valence-corrected chi connectivity index (χ1v) is 12.7. The van der Waals surface area contributed by atoms with Crippen LogP contribution < -0.4 is 26.0 Å². The zero-order chi connectivity index (χ0) is 25.2. The highest BCUT2D eigenvalue weighted by molar-refractivity contribution is 7.19. The molecule has 2 aromatic heterocycles. The van der Waals surface area contributed by atoms with Gasteiger partial charge in [-0.3, -0.25) is 14.2 Å². The van der Waals surface area contributed by atoms with Gasteiger partial charge in [0.05, 0.1) is 25.3 Å². The van der Waals surface area contributed by atoms with E-state index in [2.05, 4.69) is 5.32 Å². The minimum absolute atomic E-state index is 0.159. The van der Waals surface area contributed by atoms with Crippen molar-refractivity contribution in [2.24, 2.45) is 0 Å². The minimum atomic E-state index is -0.506. The lowest BCUT2D eigenvalue weighted by Crippen LogP contribution is -2.41. The Kier molecular flexibility index (Phi) is 6.65. The van der Waals surface area contributed by atoms with Gasteiger partial charge < -0.3 is 14.8 Å². The lowest BCUT2D eigenvalue weighted by atomic mass is 10.1. The number of carbonyl (C=O) groups is 1. The Morgan fingerprint density at radius 3 is 2.56 bits per heavy atom. The molecule has 2 heterocycles.